The van der Waals surface area contributed by atoms with Crippen LogP contribution in [-0.2, 0) is 0 Å². The highest BCUT2D eigenvalue weighted by molar-refractivity contribution is 5.61. The summed E-state index contributed by atoms with van der Waals surface area (Å²) >= 11 is 0. The fourth-order valence-electron chi connectivity index (χ4n) is 1.57. The Morgan fingerprint density at radius 3 is 2.82 bits per heavy atom. The Labute approximate surface area is 103 Å². The summed E-state index contributed by atoms with van der Waals surface area (Å²) in [6.07, 6.45) is 2.96. The average molecular weight is 238 g/mol. The normalized spacial score (nSPS) is 10.2. The van der Waals surface area contributed by atoms with E-state index in [0.29, 0.717) is 12.3 Å². The minimum absolute atomic E-state index is 0.274. The molecule has 0 heterocycles. The number of aliphatic hydroxyl groups is 1. The molecule has 17 heavy (non-hydrogen) atoms. The van der Waals surface area contributed by atoms with Crippen molar-refractivity contribution in [2.45, 2.75) is 26.2 Å². The van der Waals surface area contributed by atoms with Crippen molar-refractivity contribution in [3.8, 4) is 5.75 Å². The summed E-state index contributed by atoms with van der Waals surface area (Å²) in [6, 6.07) is 5.72. The standard InChI is InChI=1S/C13H22N2O2/c1-2-17-13-10-11(6-7-12(13)14)15-8-4-3-5-9-16/h6-7,10,15-16H,2-5,8-9,14H2,1H3. The zero-order valence-electron chi connectivity index (χ0n) is 10.4. The summed E-state index contributed by atoms with van der Waals surface area (Å²) in [5.74, 6) is 0.729. The molecule has 0 radical (unpaired) electrons. The lowest BCUT2D eigenvalue weighted by Crippen LogP contribution is -2.03. The molecule has 1 aromatic rings. The third-order valence-electron chi connectivity index (χ3n) is 2.48. The number of rotatable bonds is 8. The third kappa shape index (κ3) is 4.95. The number of unbranched alkanes of at least 4 members (excludes halogenated alkanes) is 2. The summed E-state index contributed by atoms with van der Waals surface area (Å²) in [7, 11) is 0. The van der Waals surface area contributed by atoms with E-state index in [2.05, 4.69) is 5.32 Å². The van der Waals surface area contributed by atoms with Gasteiger partial charge in [0.15, 0.2) is 0 Å². The third-order valence-corrected chi connectivity index (χ3v) is 2.48. The monoisotopic (exact) mass is 238 g/mol. The van der Waals surface area contributed by atoms with E-state index in [9.17, 15) is 0 Å². The lowest BCUT2D eigenvalue weighted by atomic mass is 10.2. The minimum atomic E-state index is 0.274. The van der Waals surface area contributed by atoms with Gasteiger partial charge in [-0.25, -0.2) is 0 Å². The zero-order valence-corrected chi connectivity index (χ0v) is 10.4. The van der Waals surface area contributed by atoms with Crippen LogP contribution in [0.4, 0.5) is 11.4 Å². The Kier molecular flexibility index (Phi) is 6.25. The first-order valence-electron chi connectivity index (χ1n) is 6.15. The maximum atomic E-state index is 8.66. The fourth-order valence-corrected chi connectivity index (χ4v) is 1.57. The largest absolute Gasteiger partial charge is 0.492 e. The highest BCUT2D eigenvalue weighted by atomic mass is 16.5. The summed E-state index contributed by atoms with van der Waals surface area (Å²) in [6.45, 7) is 3.73. The van der Waals surface area contributed by atoms with Gasteiger partial charge in [-0.1, -0.05) is 0 Å². The Hall–Kier alpha value is -1.42. The molecule has 0 saturated heterocycles. The molecule has 0 unspecified atom stereocenters. The number of nitrogen functional groups attached to an aromatic ring is 1. The van der Waals surface area contributed by atoms with Gasteiger partial charge < -0.3 is 20.9 Å². The molecule has 4 N–H and O–H groups in total. The van der Waals surface area contributed by atoms with Gasteiger partial charge >= 0.3 is 0 Å². The molecule has 0 aromatic heterocycles. The number of nitrogens with two attached hydrogens (primary N) is 1. The van der Waals surface area contributed by atoms with Gasteiger partial charge in [0.05, 0.1) is 12.3 Å². The van der Waals surface area contributed by atoms with Gasteiger partial charge in [-0.3, -0.25) is 0 Å². The molecule has 4 nitrogen and oxygen atoms in total. The van der Waals surface area contributed by atoms with Gasteiger partial charge in [-0.2, -0.15) is 0 Å². The Bertz CT molecular complexity index is 329. The lowest BCUT2D eigenvalue weighted by molar-refractivity contribution is 0.283. The molecule has 96 valence electrons. The average Bonchev–Trinajstić information content (AvgIpc) is 2.33. The van der Waals surface area contributed by atoms with Crippen LogP contribution < -0.4 is 15.8 Å². The van der Waals surface area contributed by atoms with Crippen LogP contribution in [0.1, 0.15) is 26.2 Å². The molecule has 0 bridgehead atoms. The summed E-state index contributed by atoms with van der Waals surface area (Å²) in [4.78, 5) is 0. The molecule has 0 aliphatic carbocycles. The van der Waals surface area contributed by atoms with E-state index in [4.69, 9.17) is 15.6 Å². The quantitative estimate of drug-likeness (QED) is 0.480. The number of anilines is 2. The van der Waals surface area contributed by atoms with E-state index in [-0.39, 0.29) is 6.61 Å². The molecule has 0 atom stereocenters. The molecular formula is C13H22N2O2. The van der Waals surface area contributed by atoms with Gasteiger partial charge in [0.25, 0.3) is 0 Å². The van der Waals surface area contributed by atoms with E-state index in [1.807, 2.05) is 25.1 Å². The van der Waals surface area contributed by atoms with Crippen molar-refractivity contribution in [2.24, 2.45) is 0 Å². The van der Waals surface area contributed by atoms with Crippen molar-refractivity contribution in [3.05, 3.63) is 18.2 Å². The number of aliphatic hydroxyl groups excluding tert-OH is 1. The van der Waals surface area contributed by atoms with Crippen molar-refractivity contribution in [1.82, 2.24) is 0 Å². The van der Waals surface area contributed by atoms with Crippen molar-refractivity contribution < 1.29 is 9.84 Å². The molecule has 0 aliphatic rings. The molecule has 4 heteroatoms. The van der Waals surface area contributed by atoms with Gasteiger partial charge in [0, 0.05) is 24.9 Å². The Morgan fingerprint density at radius 1 is 1.29 bits per heavy atom. The Morgan fingerprint density at radius 2 is 2.12 bits per heavy atom. The summed E-state index contributed by atoms with van der Waals surface area (Å²) < 4.78 is 5.42. The van der Waals surface area contributed by atoms with E-state index >= 15 is 0 Å². The van der Waals surface area contributed by atoms with Crippen molar-refractivity contribution in [2.75, 3.05) is 30.8 Å². The predicted molar refractivity (Wildman–Crippen MR) is 71.4 cm³/mol. The second-order valence-corrected chi connectivity index (χ2v) is 3.90. The molecule has 0 fully saturated rings. The molecule has 0 aliphatic heterocycles. The smallest absolute Gasteiger partial charge is 0.144 e. The summed E-state index contributed by atoms with van der Waals surface area (Å²) in [5, 5.41) is 12.0. The maximum Gasteiger partial charge on any atom is 0.144 e. The second kappa shape index (κ2) is 7.79. The molecule has 1 aromatic carbocycles. The number of benzene rings is 1. The van der Waals surface area contributed by atoms with E-state index < -0.39 is 0 Å². The molecular weight excluding hydrogens is 216 g/mol. The van der Waals surface area contributed by atoms with E-state index in [0.717, 1.165) is 37.2 Å². The van der Waals surface area contributed by atoms with Crippen LogP contribution in [0, 0.1) is 0 Å². The van der Waals surface area contributed by atoms with Crippen LogP contribution in [0.3, 0.4) is 0 Å². The van der Waals surface area contributed by atoms with Crippen molar-refractivity contribution >= 4 is 11.4 Å². The number of hydrogen-bond donors (Lipinski definition) is 3. The van der Waals surface area contributed by atoms with Crippen LogP contribution >= 0.6 is 0 Å². The van der Waals surface area contributed by atoms with Gasteiger partial charge in [0.2, 0.25) is 0 Å². The first kappa shape index (κ1) is 13.6. The van der Waals surface area contributed by atoms with Crippen LogP contribution in [0.15, 0.2) is 18.2 Å². The number of ether oxygens (including phenoxy) is 1. The maximum absolute atomic E-state index is 8.66. The van der Waals surface area contributed by atoms with Crippen molar-refractivity contribution in [3.63, 3.8) is 0 Å². The minimum Gasteiger partial charge on any atom is -0.492 e. The Balaban J connectivity index is 2.40. The predicted octanol–water partition coefficient (Wildman–Crippen LogP) is 2.24. The van der Waals surface area contributed by atoms with Crippen LogP contribution in [0.2, 0.25) is 0 Å². The second-order valence-electron chi connectivity index (χ2n) is 3.90. The van der Waals surface area contributed by atoms with Crippen LogP contribution in [-0.4, -0.2) is 24.9 Å². The SMILES string of the molecule is CCOc1cc(NCCCCCO)ccc1N. The van der Waals surface area contributed by atoms with E-state index in [1.165, 1.54) is 0 Å². The number of nitrogens with one attached hydrogen (secondary N) is 1. The molecule has 0 amide bonds. The van der Waals surface area contributed by atoms with Gasteiger partial charge in [-0.05, 0) is 38.3 Å². The highest BCUT2D eigenvalue weighted by Crippen LogP contribution is 2.25. The molecule has 1 rings (SSSR count). The van der Waals surface area contributed by atoms with Gasteiger partial charge in [0.1, 0.15) is 5.75 Å². The van der Waals surface area contributed by atoms with Crippen molar-refractivity contribution in [1.29, 1.82) is 0 Å². The molecule has 0 spiro atoms. The molecule has 0 saturated carbocycles. The van der Waals surface area contributed by atoms with Crippen LogP contribution in [0.25, 0.3) is 0 Å². The zero-order chi connectivity index (χ0) is 12.5. The highest BCUT2D eigenvalue weighted by Gasteiger charge is 2.01. The first-order chi connectivity index (χ1) is 8.27. The fraction of sp³-hybridized carbons (Fsp3) is 0.538. The topological polar surface area (TPSA) is 67.5 Å². The lowest BCUT2D eigenvalue weighted by Gasteiger charge is -2.10. The van der Waals surface area contributed by atoms with Crippen LogP contribution in [0.5, 0.6) is 5.75 Å². The summed E-state index contributed by atoms with van der Waals surface area (Å²) in [5.41, 5.74) is 7.47. The van der Waals surface area contributed by atoms with E-state index in [1.54, 1.807) is 0 Å². The van der Waals surface area contributed by atoms with Gasteiger partial charge in [-0.15, -0.1) is 0 Å². The number of hydrogen-bond acceptors (Lipinski definition) is 4. The first-order valence-corrected chi connectivity index (χ1v) is 6.15.